The minimum atomic E-state index is -0.452. The number of para-hydroxylation sites is 1. The van der Waals surface area contributed by atoms with Crippen LogP contribution in [0, 0.1) is 6.92 Å². The second-order valence-corrected chi connectivity index (χ2v) is 9.44. The molecule has 6 heteroatoms. The van der Waals surface area contributed by atoms with Gasteiger partial charge in [0.25, 0.3) is 0 Å². The van der Waals surface area contributed by atoms with Gasteiger partial charge in [0, 0.05) is 41.5 Å². The largest absolute Gasteiger partial charge is 0.390 e. The highest BCUT2D eigenvalue weighted by molar-refractivity contribution is 7.99. The molecule has 2 aromatic carbocycles. The van der Waals surface area contributed by atoms with E-state index >= 15 is 0 Å². The molecule has 5 nitrogen and oxygen atoms in total. The van der Waals surface area contributed by atoms with Crippen LogP contribution in [-0.4, -0.2) is 36.3 Å². The number of hydrogen-bond donors (Lipinski definition) is 1. The Morgan fingerprint density at radius 3 is 2.65 bits per heavy atom. The van der Waals surface area contributed by atoms with Gasteiger partial charge in [0.05, 0.1) is 6.10 Å². The molecule has 5 rings (SSSR count). The topological polar surface area (TPSA) is 55.9 Å². The summed E-state index contributed by atoms with van der Waals surface area (Å²) in [5.74, 6) is 1.43. The first-order valence-corrected chi connectivity index (χ1v) is 12.0. The Morgan fingerprint density at radius 1 is 1.03 bits per heavy atom. The van der Waals surface area contributed by atoms with Gasteiger partial charge in [-0.2, -0.15) is 0 Å². The SMILES string of the molecule is Cc1ccc(-c2nnc(SCC(O)Cn3c4c(c5ccccc53)CCCC4)n2C)cc1. The molecular formula is C25H28N4OS. The average molecular weight is 433 g/mol. The summed E-state index contributed by atoms with van der Waals surface area (Å²) in [7, 11) is 1.99. The smallest absolute Gasteiger partial charge is 0.191 e. The van der Waals surface area contributed by atoms with Crippen LogP contribution in [0.3, 0.4) is 0 Å². The molecular weight excluding hydrogens is 404 g/mol. The van der Waals surface area contributed by atoms with E-state index < -0.39 is 6.10 Å². The monoisotopic (exact) mass is 432 g/mol. The zero-order valence-corrected chi connectivity index (χ0v) is 18.9. The van der Waals surface area contributed by atoms with Crippen LogP contribution in [0.2, 0.25) is 0 Å². The zero-order chi connectivity index (χ0) is 21.4. The van der Waals surface area contributed by atoms with Crippen molar-refractivity contribution in [3.8, 4) is 11.4 Å². The number of benzene rings is 2. The molecule has 160 valence electrons. The summed E-state index contributed by atoms with van der Waals surface area (Å²) in [5, 5.41) is 21.8. The normalized spacial score (nSPS) is 14.7. The Kier molecular flexibility index (Phi) is 5.59. The molecule has 4 aromatic rings. The van der Waals surface area contributed by atoms with Crippen molar-refractivity contribution >= 4 is 22.7 Å². The number of aliphatic hydroxyl groups is 1. The zero-order valence-electron chi connectivity index (χ0n) is 18.1. The molecule has 0 spiro atoms. The minimum Gasteiger partial charge on any atom is -0.390 e. The molecule has 0 radical (unpaired) electrons. The molecule has 0 amide bonds. The lowest BCUT2D eigenvalue weighted by atomic mass is 9.95. The molecule has 1 unspecified atom stereocenters. The average Bonchev–Trinajstić information content (AvgIpc) is 3.31. The highest BCUT2D eigenvalue weighted by Gasteiger charge is 2.21. The minimum absolute atomic E-state index is 0.452. The van der Waals surface area contributed by atoms with Gasteiger partial charge >= 0.3 is 0 Å². The van der Waals surface area contributed by atoms with Gasteiger partial charge in [-0.15, -0.1) is 10.2 Å². The third kappa shape index (κ3) is 3.90. The number of thioether (sulfide) groups is 1. The molecule has 0 saturated carbocycles. The fourth-order valence-corrected chi connectivity index (χ4v) is 5.45. The van der Waals surface area contributed by atoms with Gasteiger partial charge in [-0.25, -0.2) is 0 Å². The predicted octanol–water partition coefficient (Wildman–Crippen LogP) is 4.78. The maximum atomic E-state index is 10.9. The van der Waals surface area contributed by atoms with Crippen molar-refractivity contribution in [1.82, 2.24) is 19.3 Å². The first kappa shape index (κ1) is 20.3. The van der Waals surface area contributed by atoms with Gasteiger partial charge in [-0.3, -0.25) is 0 Å². The molecule has 1 N–H and O–H groups in total. The lowest BCUT2D eigenvalue weighted by Gasteiger charge is -2.18. The highest BCUT2D eigenvalue weighted by Crippen LogP contribution is 2.32. The highest BCUT2D eigenvalue weighted by atomic mass is 32.2. The first-order valence-electron chi connectivity index (χ1n) is 11.0. The number of fused-ring (bicyclic) bond motifs is 3. The van der Waals surface area contributed by atoms with E-state index in [1.165, 1.54) is 40.6 Å². The van der Waals surface area contributed by atoms with Gasteiger partial charge in [0.15, 0.2) is 11.0 Å². The molecule has 0 aliphatic heterocycles. The van der Waals surface area contributed by atoms with Crippen LogP contribution < -0.4 is 0 Å². The van der Waals surface area contributed by atoms with Gasteiger partial charge in [0.1, 0.15) is 0 Å². The maximum absolute atomic E-state index is 10.9. The van der Waals surface area contributed by atoms with Crippen LogP contribution in [0.5, 0.6) is 0 Å². The fraction of sp³-hybridized carbons (Fsp3) is 0.360. The van der Waals surface area contributed by atoms with Crippen molar-refractivity contribution in [2.45, 2.75) is 50.4 Å². The van der Waals surface area contributed by atoms with Gasteiger partial charge < -0.3 is 14.2 Å². The van der Waals surface area contributed by atoms with Crippen molar-refractivity contribution in [3.63, 3.8) is 0 Å². The van der Waals surface area contributed by atoms with E-state index in [1.54, 1.807) is 11.8 Å². The number of nitrogens with zero attached hydrogens (tertiary/aromatic N) is 4. The summed E-state index contributed by atoms with van der Waals surface area (Å²) in [6.45, 7) is 2.69. The molecule has 2 heterocycles. The number of aliphatic hydroxyl groups excluding tert-OH is 1. The number of aryl methyl sites for hydroxylation is 2. The lowest BCUT2D eigenvalue weighted by molar-refractivity contribution is 0.178. The lowest BCUT2D eigenvalue weighted by Crippen LogP contribution is -2.21. The molecule has 31 heavy (non-hydrogen) atoms. The number of hydrogen-bond acceptors (Lipinski definition) is 4. The van der Waals surface area contributed by atoms with E-state index in [0.29, 0.717) is 12.3 Å². The summed E-state index contributed by atoms with van der Waals surface area (Å²) in [4.78, 5) is 0. The molecule has 0 fully saturated rings. The Labute approximate surface area is 187 Å². The van der Waals surface area contributed by atoms with E-state index in [1.807, 2.05) is 11.6 Å². The Hall–Kier alpha value is -2.57. The van der Waals surface area contributed by atoms with Crippen LogP contribution in [0.25, 0.3) is 22.3 Å². The van der Waals surface area contributed by atoms with Crippen molar-refractivity contribution in [1.29, 1.82) is 0 Å². The van der Waals surface area contributed by atoms with Gasteiger partial charge in [-0.05, 0) is 44.2 Å². The Bertz CT molecular complexity index is 1210. The van der Waals surface area contributed by atoms with Crippen LogP contribution in [0.15, 0.2) is 53.7 Å². The summed E-state index contributed by atoms with van der Waals surface area (Å²) in [6.07, 6.45) is 4.29. The van der Waals surface area contributed by atoms with Crippen LogP contribution in [-0.2, 0) is 26.4 Å². The Morgan fingerprint density at radius 2 is 1.81 bits per heavy atom. The third-order valence-electron chi connectivity index (χ3n) is 6.23. The van der Waals surface area contributed by atoms with E-state index in [2.05, 4.69) is 70.2 Å². The Balaban J connectivity index is 1.31. The van der Waals surface area contributed by atoms with E-state index in [0.717, 1.165) is 29.4 Å². The second kappa shape index (κ2) is 8.52. The van der Waals surface area contributed by atoms with Crippen molar-refractivity contribution < 1.29 is 5.11 Å². The van der Waals surface area contributed by atoms with Crippen molar-refractivity contribution in [3.05, 3.63) is 65.4 Å². The summed E-state index contributed by atoms with van der Waals surface area (Å²) < 4.78 is 4.36. The molecule has 1 atom stereocenters. The van der Waals surface area contributed by atoms with Gasteiger partial charge in [0.2, 0.25) is 0 Å². The summed E-state index contributed by atoms with van der Waals surface area (Å²) in [6, 6.07) is 16.9. The van der Waals surface area contributed by atoms with Crippen molar-refractivity contribution in [2.75, 3.05) is 5.75 Å². The fourth-order valence-electron chi connectivity index (χ4n) is 4.62. The van der Waals surface area contributed by atoms with Gasteiger partial charge in [-0.1, -0.05) is 59.8 Å². The standard InChI is InChI=1S/C25H28N4OS/c1-17-11-13-18(14-12-17)24-26-27-25(28(24)2)31-16-19(30)15-29-22-9-5-3-7-20(22)21-8-4-6-10-23(21)29/h3,5,7,9,11-14,19,30H,4,6,8,10,15-16H2,1-2H3. The number of aromatic nitrogens is 4. The van der Waals surface area contributed by atoms with Crippen LogP contribution >= 0.6 is 11.8 Å². The summed E-state index contributed by atoms with van der Waals surface area (Å²) >= 11 is 1.56. The molecule has 1 aliphatic carbocycles. The quantitative estimate of drug-likeness (QED) is 0.446. The van der Waals surface area contributed by atoms with E-state index in [4.69, 9.17) is 0 Å². The first-order chi connectivity index (χ1) is 15.1. The van der Waals surface area contributed by atoms with E-state index in [9.17, 15) is 5.11 Å². The molecule has 1 aliphatic rings. The predicted molar refractivity (Wildman–Crippen MR) is 126 cm³/mol. The molecule has 0 saturated heterocycles. The van der Waals surface area contributed by atoms with Crippen molar-refractivity contribution in [2.24, 2.45) is 7.05 Å². The number of rotatable bonds is 6. The van der Waals surface area contributed by atoms with E-state index in [-0.39, 0.29) is 0 Å². The molecule has 0 bridgehead atoms. The second-order valence-electron chi connectivity index (χ2n) is 8.46. The summed E-state index contributed by atoms with van der Waals surface area (Å²) in [5.41, 5.74) is 6.43. The maximum Gasteiger partial charge on any atom is 0.191 e. The van der Waals surface area contributed by atoms with Crippen LogP contribution in [0.4, 0.5) is 0 Å². The third-order valence-corrected chi connectivity index (χ3v) is 7.39. The molecule has 2 aromatic heterocycles. The van der Waals surface area contributed by atoms with Crippen LogP contribution in [0.1, 0.15) is 29.7 Å².